The smallest absolute Gasteiger partial charge is 0.417 e. The first-order valence-electron chi connectivity index (χ1n) is 14.8. The molecule has 14 heteroatoms. The maximum absolute atomic E-state index is 16.8. The molecule has 5 fully saturated rings. The van der Waals surface area contributed by atoms with E-state index in [9.17, 15) is 17.6 Å². The van der Waals surface area contributed by atoms with Crippen molar-refractivity contribution in [1.82, 2.24) is 20.3 Å². The number of nitrogens with two attached hydrogens (primary N) is 1. The van der Waals surface area contributed by atoms with Crippen LogP contribution in [-0.2, 0) is 10.9 Å². The van der Waals surface area contributed by atoms with Crippen molar-refractivity contribution >= 4 is 43.4 Å². The Morgan fingerprint density at radius 2 is 1.80 bits per heavy atom. The van der Waals surface area contributed by atoms with Gasteiger partial charge in [0.25, 0.3) is 0 Å². The Balaban J connectivity index is 1.32. The summed E-state index contributed by atoms with van der Waals surface area (Å²) in [4.78, 5) is 15.0. The molecule has 4 bridgehead atoms. The highest BCUT2D eigenvalue weighted by molar-refractivity contribution is 7.22. The topological polar surface area (TPSA) is 98.4 Å². The SMILES string of the molecule is Nc1nc2c(-c3c(C(F)(F)F)cc4c(N5CC6CCC(C5)N6)nc(OCC56CCC(CC5)OC6)nc4c3F)ccc(F)c2s1. The number of benzene rings is 2. The molecule has 2 unspecified atom stereocenters. The molecule has 0 radical (unpaired) electrons. The number of halogens is 5. The molecule has 3 N–H and O–H groups in total. The Bertz CT molecular complexity index is 1760. The van der Waals surface area contributed by atoms with Gasteiger partial charge in [0.05, 0.1) is 35.1 Å². The zero-order chi connectivity index (χ0) is 30.4. The largest absolute Gasteiger partial charge is 0.463 e. The van der Waals surface area contributed by atoms with E-state index in [4.69, 9.17) is 15.2 Å². The predicted molar refractivity (Wildman–Crippen MR) is 156 cm³/mol. The summed E-state index contributed by atoms with van der Waals surface area (Å²) in [5.41, 5.74) is 2.91. The van der Waals surface area contributed by atoms with Crippen LogP contribution in [0.5, 0.6) is 6.01 Å². The molecule has 5 aliphatic rings. The minimum Gasteiger partial charge on any atom is -0.463 e. The fraction of sp³-hybridized carbons (Fsp3) is 0.500. The van der Waals surface area contributed by atoms with Crippen molar-refractivity contribution in [2.75, 3.05) is 36.9 Å². The van der Waals surface area contributed by atoms with Crippen LogP contribution < -0.4 is 20.7 Å². The predicted octanol–water partition coefficient (Wildman–Crippen LogP) is 6.06. The average molecular weight is 633 g/mol. The molecule has 44 heavy (non-hydrogen) atoms. The highest BCUT2D eigenvalue weighted by atomic mass is 32.1. The number of rotatable bonds is 5. The number of ether oxygens (including phenoxy) is 2. The summed E-state index contributed by atoms with van der Waals surface area (Å²) in [5, 5.41) is 3.39. The zero-order valence-electron chi connectivity index (χ0n) is 23.5. The number of nitrogen functional groups attached to an aromatic ring is 1. The van der Waals surface area contributed by atoms with Crippen molar-refractivity contribution in [2.45, 2.75) is 62.9 Å². The molecular weight excluding hydrogens is 603 g/mol. The Kier molecular flexibility index (Phi) is 6.44. The monoisotopic (exact) mass is 632 g/mol. The summed E-state index contributed by atoms with van der Waals surface area (Å²) in [6.07, 6.45) is 0.880. The van der Waals surface area contributed by atoms with Crippen molar-refractivity contribution in [1.29, 1.82) is 0 Å². The van der Waals surface area contributed by atoms with Gasteiger partial charge in [-0.15, -0.1) is 0 Å². The van der Waals surface area contributed by atoms with Gasteiger partial charge in [-0.2, -0.15) is 23.1 Å². The molecule has 4 saturated heterocycles. The van der Waals surface area contributed by atoms with E-state index in [1.807, 2.05) is 4.90 Å². The second kappa shape index (κ2) is 10.1. The maximum Gasteiger partial charge on any atom is 0.417 e. The Hall–Kier alpha value is -3.36. The molecule has 0 amide bonds. The number of nitrogens with one attached hydrogen (secondary N) is 1. The van der Waals surface area contributed by atoms with Crippen molar-refractivity contribution < 1.29 is 31.4 Å². The standard InChI is InChI=1S/C30H29F5N6O2S/c31-20-4-3-17(24-25(20)44-27(36)38-24)21-19(30(33,34)35)9-18-23(22(21)32)39-28(43-13-29-7-5-16(6-8-29)42-12-29)40-26(18)41-10-14-1-2-15(11-41)37-14/h3-4,9,14-16,37H,1-2,5-8,10-13H2,(H2,36,38). The van der Waals surface area contributed by atoms with Crippen LogP contribution >= 0.6 is 11.3 Å². The molecule has 1 aliphatic carbocycles. The molecule has 2 aromatic carbocycles. The number of alkyl halides is 3. The van der Waals surface area contributed by atoms with E-state index in [0.29, 0.717) is 19.7 Å². The van der Waals surface area contributed by atoms with E-state index < -0.39 is 28.9 Å². The molecule has 232 valence electrons. The third kappa shape index (κ3) is 4.64. The molecule has 4 aliphatic heterocycles. The second-order valence-corrected chi connectivity index (χ2v) is 13.5. The minimum absolute atomic E-state index is 0.0464. The lowest BCUT2D eigenvalue weighted by Crippen LogP contribution is -2.51. The lowest BCUT2D eigenvalue weighted by molar-refractivity contribution is -0.137. The number of anilines is 2. The summed E-state index contributed by atoms with van der Waals surface area (Å²) in [5.74, 6) is -1.72. The maximum atomic E-state index is 16.8. The molecule has 2 aromatic heterocycles. The third-order valence-electron chi connectivity index (χ3n) is 9.62. The Labute approximate surface area is 252 Å². The van der Waals surface area contributed by atoms with Crippen LogP contribution in [0.1, 0.15) is 44.1 Å². The second-order valence-electron chi connectivity index (χ2n) is 12.5. The van der Waals surface area contributed by atoms with E-state index in [-0.39, 0.29) is 73.9 Å². The lowest BCUT2D eigenvalue weighted by atomic mass is 9.72. The Morgan fingerprint density at radius 3 is 2.48 bits per heavy atom. The quantitative estimate of drug-likeness (QED) is 0.256. The van der Waals surface area contributed by atoms with Gasteiger partial charge < -0.3 is 25.4 Å². The lowest BCUT2D eigenvalue weighted by Gasteiger charge is -2.45. The van der Waals surface area contributed by atoms with Gasteiger partial charge in [-0.25, -0.2) is 13.8 Å². The first-order valence-corrected chi connectivity index (χ1v) is 15.6. The Morgan fingerprint density at radius 1 is 1.05 bits per heavy atom. The number of fused-ring (bicyclic) bond motifs is 7. The summed E-state index contributed by atoms with van der Waals surface area (Å²) >= 11 is 0.785. The minimum atomic E-state index is -4.96. The fourth-order valence-corrected chi connectivity index (χ4v) is 8.12. The van der Waals surface area contributed by atoms with Crippen LogP contribution in [-0.4, -0.2) is 59.4 Å². The van der Waals surface area contributed by atoms with Gasteiger partial charge in [0, 0.05) is 47.1 Å². The van der Waals surface area contributed by atoms with E-state index in [2.05, 4.69) is 20.3 Å². The fourth-order valence-electron chi connectivity index (χ4n) is 7.36. The first kappa shape index (κ1) is 28.1. The number of piperazine rings is 1. The van der Waals surface area contributed by atoms with Crippen LogP contribution in [0.2, 0.25) is 0 Å². The average Bonchev–Trinajstić information content (AvgIpc) is 3.58. The molecule has 0 spiro atoms. The number of hydrogen-bond acceptors (Lipinski definition) is 9. The zero-order valence-corrected chi connectivity index (χ0v) is 24.3. The van der Waals surface area contributed by atoms with Crippen LogP contribution in [0.25, 0.3) is 32.2 Å². The third-order valence-corrected chi connectivity index (χ3v) is 10.5. The summed E-state index contributed by atoms with van der Waals surface area (Å²) < 4.78 is 87.6. The normalized spacial score (nSPS) is 26.7. The molecule has 9 rings (SSSR count). The van der Waals surface area contributed by atoms with Crippen molar-refractivity contribution in [3.05, 3.63) is 35.4 Å². The van der Waals surface area contributed by atoms with Gasteiger partial charge in [0.1, 0.15) is 17.2 Å². The van der Waals surface area contributed by atoms with E-state index in [1.165, 1.54) is 0 Å². The van der Waals surface area contributed by atoms with Crippen LogP contribution in [0.4, 0.5) is 32.9 Å². The summed E-state index contributed by atoms with van der Waals surface area (Å²) in [6, 6.07) is 3.18. The van der Waals surface area contributed by atoms with Crippen LogP contribution in [0, 0.1) is 17.0 Å². The summed E-state index contributed by atoms with van der Waals surface area (Å²) in [7, 11) is 0. The van der Waals surface area contributed by atoms with Gasteiger partial charge in [-0.05, 0) is 56.7 Å². The van der Waals surface area contributed by atoms with Gasteiger partial charge >= 0.3 is 12.2 Å². The highest BCUT2D eigenvalue weighted by Crippen LogP contribution is 2.47. The molecule has 1 saturated carbocycles. The van der Waals surface area contributed by atoms with Crippen molar-refractivity contribution in [3.8, 4) is 17.1 Å². The summed E-state index contributed by atoms with van der Waals surface area (Å²) in [6.45, 7) is 1.80. The molecule has 8 nitrogen and oxygen atoms in total. The van der Waals surface area contributed by atoms with Gasteiger partial charge in [0.2, 0.25) is 0 Å². The highest BCUT2D eigenvalue weighted by Gasteiger charge is 2.43. The first-order chi connectivity index (χ1) is 21.1. The number of nitrogens with zero attached hydrogens (tertiary/aromatic N) is 4. The van der Waals surface area contributed by atoms with E-state index >= 15 is 4.39 Å². The van der Waals surface area contributed by atoms with Crippen LogP contribution in [0.3, 0.4) is 0 Å². The molecule has 2 atom stereocenters. The van der Waals surface area contributed by atoms with E-state index in [1.54, 1.807) is 0 Å². The molecule has 6 heterocycles. The number of hydrogen-bond donors (Lipinski definition) is 2. The molecular formula is C30H29F5N6O2S. The van der Waals surface area contributed by atoms with E-state index in [0.717, 1.165) is 68.1 Å². The van der Waals surface area contributed by atoms with Gasteiger partial charge in [-0.3, -0.25) is 0 Å². The van der Waals surface area contributed by atoms with Crippen molar-refractivity contribution in [3.63, 3.8) is 0 Å². The van der Waals surface area contributed by atoms with Crippen molar-refractivity contribution in [2.24, 2.45) is 5.41 Å². The van der Waals surface area contributed by atoms with Gasteiger partial charge in [-0.1, -0.05) is 11.3 Å². The number of thiazole rings is 1. The number of aromatic nitrogens is 3. The van der Waals surface area contributed by atoms with Gasteiger partial charge in [0.15, 0.2) is 10.9 Å². The molecule has 4 aromatic rings. The van der Waals surface area contributed by atoms with Crippen LogP contribution in [0.15, 0.2) is 18.2 Å².